The maximum Gasteiger partial charge on any atom is 0.271 e. The Hall–Kier alpha value is -2.66. The fraction of sp³-hybridized carbons (Fsp3) is 0.273. The number of nitro benzene ring substituents is 1. The molecule has 28 heavy (non-hydrogen) atoms. The zero-order valence-electron chi connectivity index (χ0n) is 15.3. The first kappa shape index (κ1) is 18.7. The van der Waals surface area contributed by atoms with E-state index in [0.29, 0.717) is 10.9 Å². The number of benzene rings is 3. The summed E-state index contributed by atoms with van der Waals surface area (Å²) in [6.45, 7) is 1.75. The molecule has 0 unspecified atom stereocenters. The molecule has 6 heteroatoms. The molecule has 0 radical (unpaired) electrons. The Labute approximate surface area is 167 Å². The van der Waals surface area contributed by atoms with Crippen LogP contribution in [0.5, 0.6) is 0 Å². The van der Waals surface area contributed by atoms with Crippen molar-refractivity contribution in [1.82, 2.24) is 0 Å². The average molecular weight is 399 g/mol. The first-order valence-electron chi connectivity index (χ1n) is 9.37. The summed E-state index contributed by atoms with van der Waals surface area (Å²) in [6.07, 6.45) is 3.07. The molecule has 3 aromatic rings. The number of hydrogen-bond donors (Lipinski definition) is 0. The Kier molecular flexibility index (Phi) is 5.18. The lowest BCUT2D eigenvalue weighted by atomic mass is 9.89. The number of halogens is 2. The van der Waals surface area contributed by atoms with E-state index in [4.69, 9.17) is 11.6 Å². The predicted molar refractivity (Wildman–Crippen MR) is 111 cm³/mol. The van der Waals surface area contributed by atoms with Crippen LogP contribution in [0.1, 0.15) is 18.4 Å². The highest BCUT2D eigenvalue weighted by atomic mass is 35.5. The molecule has 0 amide bonds. The average Bonchev–Trinajstić information content (AvgIpc) is 2.69. The predicted octanol–water partition coefficient (Wildman–Crippen LogP) is 6.00. The van der Waals surface area contributed by atoms with E-state index in [0.717, 1.165) is 48.8 Å². The number of non-ortho nitro benzene ring substituents is 1. The summed E-state index contributed by atoms with van der Waals surface area (Å²) in [5, 5.41) is 13.3. The second-order valence-electron chi connectivity index (χ2n) is 7.35. The molecule has 1 saturated heterocycles. The second-order valence-corrected chi connectivity index (χ2v) is 7.76. The topological polar surface area (TPSA) is 46.4 Å². The summed E-state index contributed by atoms with van der Waals surface area (Å²) >= 11 is 6.27. The molecule has 1 aliphatic heterocycles. The Balaban J connectivity index is 1.40. The number of hydrogen-bond acceptors (Lipinski definition) is 3. The minimum absolute atomic E-state index is 0.0137. The largest absolute Gasteiger partial charge is 0.370 e. The molecule has 0 N–H and O–H groups in total. The van der Waals surface area contributed by atoms with E-state index in [-0.39, 0.29) is 11.5 Å². The quantitative estimate of drug-likeness (QED) is 0.400. The monoisotopic (exact) mass is 398 g/mol. The fourth-order valence-electron chi connectivity index (χ4n) is 3.97. The third kappa shape index (κ3) is 3.94. The van der Waals surface area contributed by atoms with E-state index in [1.807, 2.05) is 12.1 Å². The lowest BCUT2D eigenvalue weighted by Crippen LogP contribution is -2.34. The minimum Gasteiger partial charge on any atom is -0.370 e. The van der Waals surface area contributed by atoms with Crippen molar-refractivity contribution in [2.45, 2.75) is 19.3 Å². The van der Waals surface area contributed by atoms with Crippen molar-refractivity contribution in [2.75, 3.05) is 18.0 Å². The van der Waals surface area contributed by atoms with Crippen molar-refractivity contribution in [2.24, 2.45) is 5.92 Å². The van der Waals surface area contributed by atoms with Gasteiger partial charge in [0.05, 0.1) is 15.6 Å². The van der Waals surface area contributed by atoms with Gasteiger partial charge < -0.3 is 4.90 Å². The Morgan fingerprint density at radius 1 is 1.04 bits per heavy atom. The van der Waals surface area contributed by atoms with Crippen LogP contribution in [-0.4, -0.2) is 18.0 Å². The van der Waals surface area contributed by atoms with Gasteiger partial charge in [0.2, 0.25) is 0 Å². The van der Waals surface area contributed by atoms with Crippen LogP contribution in [0.15, 0.2) is 54.6 Å². The first-order chi connectivity index (χ1) is 13.5. The lowest BCUT2D eigenvalue weighted by molar-refractivity contribution is -0.384. The van der Waals surface area contributed by atoms with Gasteiger partial charge in [0.1, 0.15) is 5.82 Å². The molecule has 0 aromatic heterocycles. The summed E-state index contributed by atoms with van der Waals surface area (Å²) in [7, 11) is 0. The molecule has 0 aliphatic carbocycles. The molecule has 0 atom stereocenters. The Morgan fingerprint density at radius 2 is 1.75 bits per heavy atom. The minimum atomic E-state index is -0.431. The Bertz CT molecular complexity index is 1030. The third-order valence-corrected chi connectivity index (χ3v) is 5.79. The van der Waals surface area contributed by atoms with Crippen LogP contribution in [0.3, 0.4) is 0 Å². The molecule has 1 aliphatic rings. The number of piperidine rings is 1. The van der Waals surface area contributed by atoms with Crippen molar-refractivity contribution in [3.63, 3.8) is 0 Å². The molecule has 1 heterocycles. The maximum atomic E-state index is 13.3. The molecule has 4 rings (SSSR count). The van der Waals surface area contributed by atoms with Crippen LogP contribution in [0.2, 0.25) is 5.02 Å². The van der Waals surface area contributed by atoms with Crippen molar-refractivity contribution in [3.8, 4) is 0 Å². The third-order valence-electron chi connectivity index (χ3n) is 5.49. The molecule has 1 fully saturated rings. The van der Waals surface area contributed by atoms with Gasteiger partial charge in [-0.3, -0.25) is 10.1 Å². The molecule has 3 aromatic carbocycles. The maximum absolute atomic E-state index is 13.3. The standard InChI is InChI=1S/C22H20ClFN2O2/c23-21-14-20(26(27)28)5-6-22(21)25-9-7-15(8-10-25)11-16-1-2-18-13-19(24)4-3-17(18)12-16/h1-6,12-15H,7-11H2. The van der Waals surface area contributed by atoms with Crippen LogP contribution in [-0.2, 0) is 6.42 Å². The summed E-state index contributed by atoms with van der Waals surface area (Å²) in [6, 6.07) is 15.8. The van der Waals surface area contributed by atoms with E-state index in [9.17, 15) is 14.5 Å². The van der Waals surface area contributed by atoms with Crippen LogP contribution < -0.4 is 4.90 Å². The van der Waals surface area contributed by atoms with E-state index >= 15 is 0 Å². The van der Waals surface area contributed by atoms with Crippen LogP contribution in [0.4, 0.5) is 15.8 Å². The Morgan fingerprint density at radius 3 is 2.46 bits per heavy atom. The number of fused-ring (bicyclic) bond motifs is 1. The van der Waals surface area contributed by atoms with Gasteiger partial charge in [0, 0.05) is 25.2 Å². The molecule has 144 valence electrons. The smallest absolute Gasteiger partial charge is 0.271 e. The second kappa shape index (κ2) is 7.76. The van der Waals surface area contributed by atoms with Gasteiger partial charge in [-0.15, -0.1) is 0 Å². The number of nitro groups is 1. The van der Waals surface area contributed by atoms with Gasteiger partial charge in [0.25, 0.3) is 5.69 Å². The fourth-order valence-corrected chi connectivity index (χ4v) is 4.26. The van der Waals surface area contributed by atoms with Crippen molar-refractivity contribution in [1.29, 1.82) is 0 Å². The number of anilines is 1. The molecular formula is C22H20ClFN2O2. The van der Waals surface area contributed by atoms with E-state index in [1.165, 1.54) is 23.8 Å². The highest BCUT2D eigenvalue weighted by Crippen LogP contribution is 2.33. The van der Waals surface area contributed by atoms with Crippen LogP contribution >= 0.6 is 11.6 Å². The van der Waals surface area contributed by atoms with Gasteiger partial charge >= 0.3 is 0 Å². The number of nitrogens with zero attached hydrogens (tertiary/aromatic N) is 2. The van der Waals surface area contributed by atoms with Gasteiger partial charge in [-0.25, -0.2) is 4.39 Å². The van der Waals surface area contributed by atoms with E-state index in [1.54, 1.807) is 12.1 Å². The van der Waals surface area contributed by atoms with Crippen LogP contribution in [0.25, 0.3) is 10.8 Å². The van der Waals surface area contributed by atoms with Crippen molar-refractivity contribution >= 4 is 33.7 Å². The summed E-state index contributed by atoms with van der Waals surface area (Å²) in [4.78, 5) is 12.6. The zero-order valence-corrected chi connectivity index (χ0v) is 16.0. The highest BCUT2D eigenvalue weighted by molar-refractivity contribution is 6.33. The molecule has 0 saturated carbocycles. The normalized spacial score (nSPS) is 15.1. The van der Waals surface area contributed by atoms with Gasteiger partial charge in [-0.2, -0.15) is 0 Å². The summed E-state index contributed by atoms with van der Waals surface area (Å²) in [5.74, 6) is 0.364. The zero-order chi connectivity index (χ0) is 19.7. The van der Waals surface area contributed by atoms with Gasteiger partial charge in [0.15, 0.2) is 0 Å². The van der Waals surface area contributed by atoms with Gasteiger partial charge in [-0.1, -0.05) is 35.9 Å². The van der Waals surface area contributed by atoms with Crippen molar-refractivity contribution in [3.05, 3.63) is 81.1 Å². The van der Waals surface area contributed by atoms with E-state index < -0.39 is 4.92 Å². The SMILES string of the molecule is O=[N+]([O-])c1ccc(N2CCC(Cc3ccc4cc(F)ccc4c3)CC2)c(Cl)c1. The summed E-state index contributed by atoms with van der Waals surface area (Å²) in [5.41, 5.74) is 2.14. The highest BCUT2D eigenvalue weighted by Gasteiger charge is 2.22. The summed E-state index contributed by atoms with van der Waals surface area (Å²) < 4.78 is 13.3. The molecule has 4 nitrogen and oxygen atoms in total. The number of rotatable bonds is 4. The first-order valence-corrected chi connectivity index (χ1v) is 9.74. The molecule has 0 spiro atoms. The van der Waals surface area contributed by atoms with E-state index in [2.05, 4.69) is 17.0 Å². The van der Waals surface area contributed by atoms with Crippen LogP contribution in [0, 0.1) is 21.8 Å². The molecular weight excluding hydrogens is 379 g/mol. The molecule has 0 bridgehead atoms. The lowest BCUT2D eigenvalue weighted by Gasteiger charge is -2.34. The van der Waals surface area contributed by atoms with Crippen molar-refractivity contribution < 1.29 is 9.31 Å². The van der Waals surface area contributed by atoms with Gasteiger partial charge in [-0.05, 0) is 59.7 Å².